The van der Waals surface area contributed by atoms with Gasteiger partial charge in [-0.3, -0.25) is 9.48 Å². The van der Waals surface area contributed by atoms with Crippen LogP contribution in [0.5, 0.6) is 11.5 Å². The smallest absolute Gasteiger partial charge is 0.225 e. The van der Waals surface area contributed by atoms with Gasteiger partial charge < -0.3 is 9.47 Å². The molecule has 0 aliphatic carbocycles. The predicted molar refractivity (Wildman–Crippen MR) is 71.6 cm³/mol. The second-order valence-corrected chi connectivity index (χ2v) is 5.05. The Labute approximate surface area is 118 Å². The standard InChI is InChI=1S/C13H11BrN2O3/c1-16-12(8(14)6-15-16)13(17)11-7-18-9-4-2-3-5-10(9)19-11/h2-6,11H,7H2,1H3. The van der Waals surface area contributed by atoms with E-state index in [1.54, 1.807) is 19.3 Å². The SMILES string of the molecule is Cn1ncc(Br)c1C(=O)C1COc2ccccc2O1. The van der Waals surface area contributed by atoms with E-state index in [0.717, 1.165) is 0 Å². The number of nitrogens with zero attached hydrogens (tertiary/aromatic N) is 2. The molecule has 1 aliphatic heterocycles. The Morgan fingerprint density at radius 3 is 2.84 bits per heavy atom. The van der Waals surface area contributed by atoms with E-state index >= 15 is 0 Å². The molecule has 1 aromatic heterocycles. The molecule has 1 aliphatic rings. The Morgan fingerprint density at radius 1 is 1.42 bits per heavy atom. The summed E-state index contributed by atoms with van der Waals surface area (Å²) >= 11 is 3.32. The quantitative estimate of drug-likeness (QED) is 0.795. The van der Waals surface area contributed by atoms with E-state index in [1.165, 1.54) is 4.68 Å². The Hall–Kier alpha value is -1.82. The van der Waals surface area contributed by atoms with Crippen molar-refractivity contribution < 1.29 is 14.3 Å². The Balaban J connectivity index is 1.88. The van der Waals surface area contributed by atoms with Gasteiger partial charge in [0.2, 0.25) is 5.78 Å². The lowest BCUT2D eigenvalue weighted by molar-refractivity contribution is 0.0576. The van der Waals surface area contributed by atoms with Crippen LogP contribution in [0.15, 0.2) is 34.9 Å². The zero-order valence-corrected chi connectivity index (χ0v) is 11.8. The van der Waals surface area contributed by atoms with Crippen LogP contribution in [0.1, 0.15) is 10.5 Å². The van der Waals surface area contributed by atoms with Crippen molar-refractivity contribution in [2.24, 2.45) is 7.05 Å². The maximum absolute atomic E-state index is 12.4. The molecule has 6 heteroatoms. The van der Waals surface area contributed by atoms with Gasteiger partial charge >= 0.3 is 0 Å². The van der Waals surface area contributed by atoms with Gasteiger partial charge in [-0.15, -0.1) is 0 Å². The van der Waals surface area contributed by atoms with Crippen LogP contribution in [-0.4, -0.2) is 28.3 Å². The fourth-order valence-electron chi connectivity index (χ4n) is 1.99. The number of hydrogen-bond donors (Lipinski definition) is 0. The van der Waals surface area contributed by atoms with E-state index in [2.05, 4.69) is 21.0 Å². The number of para-hydroxylation sites is 2. The summed E-state index contributed by atoms with van der Waals surface area (Å²) in [6, 6.07) is 7.31. The highest BCUT2D eigenvalue weighted by atomic mass is 79.9. The molecular formula is C13H11BrN2O3. The molecule has 1 aromatic carbocycles. The third kappa shape index (κ3) is 2.12. The molecule has 0 saturated carbocycles. The highest BCUT2D eigenvalue weighted by molar-refractivity contribution is 9.10. The van der Waals surface area contributed by atoms with Gasteiger partial charge in [-0.25, -0.2) is 0 Å². The lowest BCUT2D eigenvalue weighted by Gasteiger charge is -2.25. The van der Waals surface area contributed by atoms with Gasteiger partial charge in [0.1, 0.15) is 12.3 Å². The van der Waals surface area contributed by atoms with Gasteiger partial charge in [-0.05, 0) is 28.1 Å². The van der Waals surface area contributed by atoms with Crippen LogP contribution in [0.25, 0.3) is 0 Å². The average Bonchev–Trinajstić information content (AvgIpc) is 2.77. The number of aryl methyl sites for hydroxylation is 1. The number of benzene rings is 1. The molecule has 1 atom stereocenters. The summed E-state index contributed by atoms with van der Waals surface area (Å²) < 4.78 is 13.4. The van der Waals surface area contributed by atoms with Crippen molar-refractivity contribution in [1.29, 1.82) is 0 Å². The van der Waals surface area contributed by atoms with Crippen molar-refractivity contribution in [3.05, 3.63) is 40.6 Å². The summed E-state index contributed by atoms with van der Waals surface area (Å²) in [5, 5.41) is 4.03. The number of aromatic nitrogens is 2. The first-order chi connectivity index (χ1) is 9.16. The molecule has 0 spiro atoms. The zero-order chi connectivity index (χ0) is 13.4. The van der Waals surface area contributed by atoms with E-state index < -0.39 is 6.10 Å². The van der Waals surface area contributed by atoms with Crippen LogP contribution in [0.2, 0.25) is 0 Å². The molecule has 0 fully saturated rings. The largest absolute Gasteiger partial charge is 0.485 e. The van der Waals surface area contributed by atoms with Crippen LogP contribution >= 0.6 is 15.9 Å². The summed E-state index contributed by atoms with van der Waals surface area (Å²) in [6.07, 6.45) is 0.937. The number of carbonyl (C=O) groups excluding carboxylic acids is 1. The lowest BCUT2D eigenvalue weighted by Crippen LogP contribution is -2.37. The summed E-state index contributed by atoms with van der Waals surface area (Å²) in [5.41, 5.74) is 0.480. The van der Waals surface area contributed by atoms with Gasteiger partial charge in [-0.2, -0.15) is 5.10 Å². The topological polar surface area (TPSA) is 53.4 Å². The second-order valence-electron chi connectivity index (χ2n) is 4.19. The highest BCUT2D eigenvalue weighted by Gasteiger charge is 2.31. The van der Waals surface area contributed by atoms with Crippen molar-refractivity contribution in [3.63, 3.8) is 0 Å². The predicted octanol–water partition coefficient (Wildman–Crippen LogP) is 2.21. The third-order valence-electron chi connectivity index (χ3n) is 2.93. The average molecular weight is 323 g/mol. The summed E-state index contributed by atoms with van der Waals surface area (Å²) in [6.45, 7) is 0.202. The van der Waals surface area contributed by atoms with E-state index in [1.807, 2.05) is 18.2 Å². The molecule has 3 rings (SSSR count). The molecule has 2 aromatic rings. The molecule has 0 amide bonds. The van der Waals surface area contributed by atoms with Crippen molar-refractivity contribution in [1.82, 2.24) is 9.78 Å². The van der Waals surface area contributed by atoms with Crippen molar-refractivity contribution >= 4 is 21.7 Å². The van der Waals surface area contributed by atoms with Crippen LogP contribution in [0, 0.1) is 0 Å². The van der Waals surface area contributed by atoms with Gasteiger partial charge in [0.15, 0.2) is 17.6 Å². The van der Waals surface area contributed by atoms with E-state index in [0.29, 0.717) is 21.7 Å². The second kappa shape index (κ2) is 4.70. The number of rotatable bonds is 2. The molecular weight excluding hydrogens is 312 g/mol. The first-order valence-electron chi connectivity index (χ1n) is 5.77. The minimum absolute atomic E-state index is 0.152. The number of fused-ring (bicyclic) bond motifs is 1. The minimum Gasteiger partial charge on any atom is -0.485 e. The normalized spacial score (nSPS) is 17.3. The van der Waals surface area contributed by atoms with Crippen LogP contribution in [0.4, 0.5) is 0 Å². The fraction of sp³-hybridized carbons (Fsp3) is 0.231. The van der Waals surface area contributed by atoms with Crippen molar-refractivity contribution in [2.45, 2.75) is 6.10 Å². The maximum Gasteiger partial charge on any atom is 0.225 e. The summed E-state index contributed by atoms with van der Waals surface area (Å²) in [4.78, 5) is 12.4. The molecule has 0 radical (unpaired) electrons. The van der Waals surface area contributed by atoms with Crippen LogP contribution in [-0.2, 0) is 7.05 Å². The maximum atomic E-state index is 12.4. The van der Waals surface area contributed by atoms with Gasteiger partial charge in [-0.1, -0.05) is 12.1 Å². The lowest BCUT2D eigenvalue weighted by atomic mass is 10.1. The third-order valence-corrected chi connectivity index (χ3v) is 3.51. The molecule has 0 saturated heterocycles. The number of carbonyl (C=O) groups is 1. The van der Waals surface area contributed by atoms with Crippen LogP contribution < -0.4 is 9.47 Å². The van der Waals surface area contributed by atoms with Gasteiger partial charge in [0, 0.05) is 7.05 Å². The Bertz CT molecular complexity index is 619. The van der Waals surface area contributed by atoms with E-state index in [9.17, 15) is 4.79 Å². The first-order valence-corrected chi connectivity index (χ1v) is 6.56. The molecule has 19 heavy (non-hydrogen) atoms. The molecule has 0 bridgehead atoms. The van der Waals surface area contributed by atoms with E-state index in [4.69, 9.17) is 9.47 Å². The fourth-order valence-corrected chi connectivity index (χ4v) is 2.53. The van der Waals surface area contributed by atoms with Crippen molar-refractivity contribution in [3.8, 4) is 11.5 Å². The Morgan fingerprint density at radius 2 is 2.16 bits per heavy atom. The van der Waals surface area contributed by atoms with Gasteiger partial charge in [0.05, 0.1) is 10.7 Å². The highest BCUT2D eigenvalue weighted by Crippen LogP contribution is 2.32. The molecule has 1 unspecified atom stereocenters. The number of ether oxygens (including phenoxy) is 2. The van der Waals surface area contributed by atoms with Crippen molar-refractivity contribution in [2.75, 3.05) is 6.61 Å². The molecule has 5 nitrogen and oxygen atoms in total. The summed E-state index contributed by atoms with van der Waals surface area (Å²) in [7, 11) is 1.72. The number of ketones is 1. The summed E-state index contributed by atoms with van der Waals surface area (Å²) in [5.74, 6) is 1.10. The number of halogens is 1. The zero-order valence-electron chi connectivity index (χ0n) is 10.2. The number of Topliss-reactive ketones (excluding diaryl/α,β-unsaturated/α-hetero) is 1. The minimum atomic E-state index is -0.651. The van der Waals surface area contributed by atoms with E-state index in [-0.39, 0.29) is 12.4 Å². The molecule has 0 N–H and O–H groups in total. The Kier molecular flexibility index (Phi) is 3.02. The monoisotopic (exact) mass is 322 g/mol. The first kappa shape index (κ1) is 12.2. The molecule has 98 valence electrons. The van der Waals surface area contributed by atoms with Gasteiger partial charge in [0.25, 0.3) is 0 Å². The molecule has 2 heterocycles. The van der Waals surface area contributed by atoms with Crippen LogP contribution in [0.3, 0.4) is 0 Å². The number of hydrogen-bond acceptors (Lipinski definition) is 4.